The summed E-state index contributed by atoms with van der Waals surface area (Å²) in [7, 11) is -3.36. The first-order valence-corrected chi connectivity index (χ1v) is 12.1. The summed E-state index contributed by atoms with van der Waals surface area (Å²) in [5.41, 5.74) is 0.975. The zero-order valence-electron chi connectivity index (χ0n) is 18.0. The van der Waals surface area contributed by atoms with E-state index in [2.05, 4.69) is 29.5 Å². The summed E-state index contributed by atoms with van der Waals surface area (Å²) in [4.78, 5) is 4.95. The summed E-state index contributed by atoms with van der Waals surface area (Å²) in [5, 5.41) is 6.54. The van der Waals surface area contributed by atoms with Gasteiger partial charge in [0, 0.05) is 39.4 Å². The number of hydrogen-bond donors (Lipinski definition) is 2. The Kier molecular flexibility index (Phi) is 9.90. The van der Waals surface area contributed by atoms with Gasteiger partial charge in [0.2, 0.25) is 10.0 Å². The molecule has 164 valence electrons. The first kappa shape index (κ1) is 23.6. The summed E-state index contributed by atoms with van der Waals surface area (Å²) < 4.78 is 32.3. The normalized spacial score (nSPS) is 15.8. The number of benzene rings is 1. The molecule has 8 heteroatoms. The van der Waals surface area contributed by atoms with Gasteiger partial charge in [-0.1, -0.05) is 26.0 Å². The molecule has 0 aliphatic carbocycles. The van der Waals surface area contributed by atoms with Gasteiger partial charge < -0.3 is 15.4 Å². The van der Waals surface area contributed by atoms with Crippen LogP contribution in [0.4, 0.5) is 0 Å². The molecular weight excluding hydrogens is 388 g/mol. The lowest BCUT2D eigenvalue weighted by Crippen LogP contribution is -2.38. The molecule has 1 aromatic rings. The van der Waals surface area contributed by atoms with E-state index in [0.717, 1.165) is 57.1 Å². The molecule has 0 amide bonds. The van der Waals surface area contributed by atoms with Crippen molar-refractivity contribution in [3.05, 3.63) is 29.8 Å². The second-order valence-electron chi connectivity index (χ2n) is 7.70. The van der Waals surface area contributed by atoms with E-state index in [1.165, 1.54) is 0 Å². The van der Waals surface area contributed by atoms with Crippen molar-refractivity contribution in [2.45, 2.75) is 51.5 Å². The zero-order valence-corrected chi connectivity index (χ0v) is 18.8. The third-order valence-corrected chi connectivity index (χ3v) is 6.51. The van der Waals surface area contributed by atoms with Gasteiger partial charge in [-0.15, -0.1) is 0 Å². The maximum Gasteiger partial charge on any atom is 0.243 e. The van der Waals surface area contributed by atoms with Crippen LogP contribution in [-0.2, 0) is 21.3 Å². The van der Waals surface area contributed by atoms with Crippen molar-refractivity contribution in [2.75, 3.05) is 39.4 Å². The molecule has 0 bridgehead atoms. The van der Waals surface area contributed by atoms with Crippen LogP contribution in [0.5, 0.6) is 0 Å². The number of hydrogen-bond acceptors (Lipinski definition) is 4. The van der Waals surface area contributed by atoms with Crippen LogP contribution >= 0.6 is 0 Å². The zero-order chi connectivity index (χ0) is 21.1. The van der Waals surface area contributed by atoms with Crippen molar-refractivity contribution < 1.29 is 13.2 Å². The van der Waals surface area contributed by atoms with Crippen LogP contribution in [-0.4, -0.2) is 58.1 Å². The van der Waals surface area contributed by atoms with Gasteiger partial charge in [0.1, 0.15) is 0 Å². The molecule has 1 saturated heterocycles. The van der Waals surface area contributed by atoms with Crippen molar-refractivity contribution in [1.82, 2.24) is 14.9 Å². The third-order valence-electron chi connectivity index (χ3n) is 4.60. The number of aliphatic imine (C=N–C) groups is 1. The fourth-order valence-corrected chi connectivity index (χ4v) is 4.57. The maximum absolute atomic E-state index is 12.6. The van der Waals surface area contributed by atoms with Gasteiger partial charge in [-0.2, -0.15) is 4.31 Å². The lowest BCUT2D eigenvalue weighted by atomic mass is 10.2. The van der Waals surface area contributed by atoms with Crippen LogP contribution in [0, 0.1) is 5.92 Å². The minimum Gasteiger partial charge on any atom is -0.381 e. The van der Waals surface area contributed by atoms with Gasteiger partial charge >= 0.3 is 0 Å². The predicted molar refractivity (Wildman–Crippen MR) is 118 cm³/mol. The van der Waals surface area contributed by atoms with Gasteiger partial charge in [-0.25, -0.2) is 13.4 Å². The van der Waals surface area contributed by atoms with Crippen LogP contribution in [0.2, 0.25) is 0 Å². The van der Waals surface area contributed by atoms with Crippen LogP contribution in [0.25, 0.3) is 0 Å². The smallest absolute Gasteiger partial charge is 0.243 e. The Morgan fingerprint density at radius 2 is 1.86 bits per heavy atom. The molecule has 0 radical (unpaired) electrons. The highest BCUT2D eigenvalue weighted by atomic mass is 32.2. The lowest BCUT2D eigenvalue weighted by molar-refractivity contribution is 0.108. The van der Waals surface area contributed by atoms with Crippen molar-refractivity contribution >= 4 is 16.0 Å². The van der Waals surface area contributed by atoms with Gasteiger partial charge in [-0.05, 0) is 49.8 Å². The SMILES string of the molecule is CCNC(=NCc1ccc(S(=O)(=O)N2CCCC2)cc1)NCCCOCC(C)C. The molecule has 1 aromatic carbocycles. The van der Waals surface area contributed by atoms with E-state index in [9.17, 15) is 8.42 Å². The molecule has 0 saturated carbocycles. The van der Waals surface area contributed by atoms with Gasteiger partial charge in [0.15, 0.2) is 5.96 Å². The Labute approximate surface area is 176 Å². The van der Waals surface area contributed by atoms with E-state index < -0.39 is 10.0 Å². The van der Waals surface area contributed by atoms with Gasteiger partial charge in [0.25, 0.3) is 0 Å². The largest absolute Gasteiger partial charge is 0.381 e. The second-order valence-corrected chi connectivity index (χ2v) is 9.64. The maximum atomic E-state index is 12.6. The van der Waals surface area contributed by atoms with E-state index in [4.69, 9.17) is 4.74 Å². The Balaban J connectivity index is 1.85. The first-order valence-electron chi connectivity index (χ1n) is 10.6. The van der Waals surface area contributed by atoms with E-state index in [0.29, 0.717) is 30.4 Å². The molecule has 1 fully saturated rings. The van der Waals surface area contributed by atoms with Crippen molar-refractivity contribution in [3.63, 3.8) is 0 Å². The highest BCUT2D eigenvalue weighted by Gasteiger charge is 2.26. The Morgan fingerprint density at radius 3 is 2.48 bits per heavy atom. The number of guanidine groups is 1. The first-order chi connectivity index (χ1) is 13.9. The predicted octanol–water partition coefficient (Wildman–Crippen LogP) is 2.59. The van der Waals surface area contributed by atoms with E-state index >= 15 is 0 Å². The summed E-state index contributed by atoms with van der Waals surface area (Å²) in [5.74, 6) is 1.31. The minimum absolute atomic E-state index is 0.360. The summed E-state index contributed by atoms with van der Waals surface area (Å²) >= 11 is 0. The average Bonchev–Trinajstić information content (AvgIpc) is 3.24. The number of sulfonamides is 1. The fraction of sp³-hybridized carbons (Fsp3) is 0.667. The molecule has 0 atom stereocenters. The molecule has 7 nitrogen and oxygen atoms in total. The topological polar surface area (TPSA) is 83.0 Å². The Bertz CT molecular complexity index is 727. The van der Waals surface area contributed by atoms with Crippen LogP contribution in [0.15, 0.2) is 34.2 Å². The van der Waals surface area contributed by atoms with Crippen molar-refractivity contribution in [1.29, 1.82) is 0 Å². The summed E-state index contributed by atoms with van der Waals surface area (Å²) in [6.07, 6.45) is 2.80. The van der Waals surface area contributed by atoms with Gasteiger partial charge in [0.05, 0.1) is 11.4 Å². The molecule has 0 aromatic heterocycles. The molecular formula is C21H36N4O3S. The van der Waals surface area contributed by atoms with Crippen molar-refractivity contribution in [3.8, 4) is 0 Å². The van der Waals surface area contributed by atoms with Crippen LogP contribution < -0.4 is 10.6 Å². The van der Waals surface area contributed by atoms with E-state index in [1.807, 2.05) is 19.1 Å². The molecule has 1 aliphatic rings. The summed E-state index contributed by atoms with van der Waals surface area (Å²) in [6.45, 7) is 11.1. The van der Waals surface area contributed by atoms with Gasteiger partial charge in [-0.3, -0.25) is 0 Å². The standard InChI is InChI=1S/C21H36N4O3S/c1-4-22-21(23-12-7-15-28-17-18(2)3)24-16-19-8-10-20(11-9-19)29(26,27)25-13-5-6-14-25/h8-11,18H,4-7,12-17H2,1-3H3,(H2,22,23,24). The number of ether oxygens (including phenoxy) is 1. The summed E-state index contributed by atoms with van der Waals surface area (Å²) in [6, 6.07) is 7.06. The molecule has 1 aliphatic heterocycles. The highest BCUT2D eigenvalue weighted by molar-refractivity contribution is 7.89. The molecule has 1 heterocycles. The highest BCUT2D eigenvalue weighted by Crippen LogP contribution is 2.21. The second kappa shape index (κ2) is 12.1. The number of nitrogens with zero attached hydrogens (tertiary/aromatic N) is 2. The molecule has 29 heavy (non-hydrogen) atoms. The minimum atomic E-state index is -3.36. The monoisotopic (exact) mass is 424 g/mol. The number of nitrogens with one attached hydrogen (secondary N) is 2. The molecule has 2 rings (SSSR count). The Morgan fingerprint density at radius 1 is 1.17 bits per heavy atom. The molecule has 2 N–H and O–H groups in total. The Hall–Kier alpha value is -1.64. The quantitative estimate of drug-likeness (QED) is 0.324. The molecule has 0 spiro atoms. The fourth-order valence-electron chi connectivity index (χ4n) is 3.06. The molecule has 0 unspecified atom stereocenters. The van der Waals surface area contributed by atoms with Crippen LogP contribution in [0.3, 0.4) is 0 Å². The number of rotatable bonds is 11. The average molecular weight is 425 g/mol. The van der Waals surface area contributed by atoms with Crippen LogP contribution in [0.1, 0.15) is 45.6 Å². The third kappa shape index (κ3) is 7.95. The van der Waals surface area contributed by atoms with Crippen molar-refractivity contribution in [2.24, 2.45) is 10.9 Å². The van der Waals surface area contributed by atoms with E-state index in [1.54, 1.807) is 16.4 Å². The lowest BCUT2D eigenvalue weighted by Gasteiger charge is -2.15. The van der Waals surface area contributed by atoms with E-state index in [-0.39, 0.29) is 0 Å².